The lowest BCUT2D eigenvalue weighted by atomic mass is 9.90. The molecule has 0 bridgehead atoms. The molecule has 0 unspecified atom stereocenters. The number of likely N-dealkylation sites (N-methyl/N-ethyl adjacent to an activating group) is 1. The number of rotatable bonds is 4. The Balaban J connectivity index is 2.28. The van der Waals surface area contributed by atoms with Crippen molar-refractivity contribution in [2.24, 2.45) is 0 Å². The van der Waals surface area contributed by atoms with Crippen LogP contribution in [0.5, 0.6) is 5.75 Å². The summed E-state index contributed by atoms with van der Waals surface area (Å²) < 4.78 is 5.91. The van der Waals surface area contributed by atoms with Crippen molar-refractivity contribution in [2.75, 3.05) is 20.7 Å². The van der Waals surface area contributed by atoms with Gasteiger partial charge in [0.05, 0.1) is 18.2 Å². The second-order valence-electron chi connectivity index (χ2n) is 6.40. The molecule has 0 saturated carbocycles. The van der Waals surface area contributed by atoms with Gasteiger partial charge in [-0.05, 0) is 42.9 Å². The van der Waals surface area contributed by atoms with Crippen LogP contribution in [0.3, 0.4) is 0 Å². The topological polar surface area (TPSA) is 53.6 Å². The highest BCUT2D eigenvalue weighted by atomic mass is 32.1. The molecule has 1 aliphatic heterocycles. The van der Waals surface area contributed by atoms with Crippen molar-refractivity contribution in [3.05, 3.63) is 53.2 Å². The summed E-state index contributed by atoms with van der Waals surface area (Å²) in [6.07, 6.45) is 0. The molecule has 0 radical (unpaired) electrons. The van der Waals surface area contributed by atoms with Gasteiger partial charge in [-0.15, -0.1) is 0 Å². The summed E-state index contributed by atoms with van der Waals surface area (Å²) in [4.78, 5) is 14.5. The van der Waals surface area contributed by atoms with Gasteiger partial charge in [-0.25, -0.2) is 0 Å². The van der Waals surface area contributed by atoms with Gasteiger partial charge in [0.15, 0.2) is 5.11 Å². The quantitative estimate of drug-likeness (QED) is 0.811. The van der Waals surface area contributed by atoms with Crippen LogP contribution in [-0.4, -0.2) is 36.6 Å². The minimum Gasteiger partial charge on any atom is -0.493 e. The number of allylic oxidation sites excluding steroid dienone is 1. The van der Waals surface area contributed by atoms with E-state index in [9.17, 15) is 4.79 Å². The molecule has 0 aliphatic carbocycles. The van der Waals surface area contributed by atoms with Crippen LogP contribution in [0.1, 0.15) is 25.5 Å². The molecule has 2 aromatic carbocycles. The van der Waals surface area contributed by atoms with E-state index in [-0.39, 0.29) is 11.9 Å². The van der Waals surface area contributed by atoms with Gasteiger partial charge >= 0.3 is 0 Å². The highest BCUT2D eigenvalue weighted by molar-refractivity contribution is 7.80. The van der Waals surface area contributed by atoms with E-state index in [1.165, 1.54) is 0 Å². The number of amides is 1. The Morgan fingerprint density at radius 2 is 1.96 bits per heavy atom. The van der Waals surface area contributed by atoms with E-state index in [0.29, 0.717) is 17.3 Å². The predicted octanol–water partition coefficient (Wildman–Crippen LogP) is 3.12. The van der Waals surface area contributed by atoms with Crippen LogP contribution in [0.2, 0.25) is 0 Å². The zero-order valence-corrected chi connectivity index (χ0v) is 16.2. The minimum atomic E-state index is -0.383. The molecule has 136 valence electrons. The predicted molar refractivity (Wildman–Crippen MR) is 108 cm³/mol. The van der Waals surface area contributed by atoms with E-state index < -0.39 is 0 Å². The summed E-state index contributed by atoms with van der Waals surface area (Å²) in [5, 5.41) is 8.98. The molecule has 1 atom stereocenters. The first kappa shape index (κ1) is 18.2. The number of carbonyl (C=O) groups excluding carboxylic acids is 1. The molecule has 5 nitrogen and oxygen atoms in total. The standard InChI is InChI=1S/C20H23N3O2S/c1-5-25-15-11-10-13-8-6-7-9-14(13)17(15)18-16(19(24)23(3)4)12(2)21-20(26)22-18/h6-11,18H,5H2,1-4H3,(H2,21,22,26)/t18-/m0/s1. The smallest absolute Gasteiger partial charge is 0.253 e. The highest BCUT2D eigenvalue weighted by Gasteiger charge is 2.33. The Hall–Kier alpha value is -2.60. The third-order valence-corrected chi connectivity index (χ3v) is 4.64. The van der Waals surface area contributed by atoms with Gasteiger partial charge in [0, 0.05) is 25.4 Å². The van der Waals surface area contributed by atoms with Crippen molar-refractivity contribution in [3.8, 4) is 5.75 Å². The Morgan fingerprint density at radius 3 is 2.65 bits per heavy atom. The van der Waals surface area contributed by atoms with Gasteiger partial charge in [-0.3, -0.25) is 4.79 Å². The average molecular weight is 369 g/mol. The maximum atomic E-state index is 12.9. The number of hydrogen-bond donors (Lipinski definition) is 2. The zero-order valence-electron chi connectivity index (χ0n) is 15.4. The van der Waals surface area contributed by atoms with Crippen LogP contribution in [0.4, 0.5) is 0 Å². The minimum absolute atomic E-state index is 0.0645. The first-order chi connectivity index (χ1) is 12.4. The van der Waals surface area contributed by atoms with Gasteiger partial charge in [-0.1, -0.05) is 30.3 Å². The van der Waals surface area contributed by atoms with E-state index >= 15 is 0 Å². The number of ether oxygens (including phenoxy) is 1. The molecular weight excluding hydrogens is 346 g/mol. The second kappa shape index (κ2) is 7.33. The Labute approximate surface area is 159 Å². The zero-order chi connectivity index (χ0) is 18.8. The second-order valence-corrected chi connectivity index (χ2v) is 6.81. The molecule has 2 N–H and O–H groups in total. The number of nitrogens with one attached hydrogen (secondary N) is 2. The van der Waals surface area contributed by atoms with E-state index in [4.69, 9.17) is 17.0 Å². The Bertz CT molecular complexity index is 905. The summed E-state index contributed by atoms with van der Waals surface area (Å²) in [6.45, 7) is 4.37. The van der Waals surface area contributed by atoms with Crippen LogP contribution in [0.15, 0.2) is 47.7 Å². The maximum Gasteiger partial charge on any atom is 0.253 e. The number of hydrogen-bond acceptors (Lipinski definition) is 3. The largest absolute Gasteiger partial charge is 0.493 e. The molecule has 2 aromatic rings. The average Bonchev–Trinajstić information content (AvgIpc) is 2.60. The fourth-order valence-electron chi connectivity index (χ4n) is 3.29. The molecule has 0 aromatic heterocycles. The highest BCUT2D eigenvalue weighted by Crippen LogP contribution is 2.38. The van der Waals surface area contributed by atoms with Crippen molar-refractivity contribution < 1.29 is 9.53 Å². The van der Waals surface area contributed by atoms with Gasteiger partial charge in [-0.2, -0.15) is 0 Å². The lowest BCUT2D eigenvalue weighted by Crippen LogP contribution is -2.46. The van der Waals surface area contributed by atoms with Crippen molar-refractivity contribution in [2.45, 2.75) is 19.9 Å². The monoisotopic (exact) mass is 369 g/mol. The fourth-order valence-corrected chi connectivity index (χ4v) is 3.56. The van der Waals surface area contributed by atoms with Crippen LogP contribution in [0.25, 0.3) is 10.8 Å². The van der Waals surface area contributed by atoms with Gasteiger partial charge in [0.1, 0.15) is 5.75 Å². The molecule has 0 fully saturated rings. The van der Waals surface area contributed by atoms with Crippen LogP contribution in [0, 0.1) is 0 Å². The molecule has 3 rings (SSSR count). The third kappa shape index (κ3) is 3.24. The molecule has 6 heteroatoms. The van der Waals surface area contributed by atoms with Gasteiger partial charge in [0.2, 0.25) is 0 Å². The lowest BCUT2D eigenvalue weighted by molar-refractivity contribution is -0.125. The van der Waals surface area contributed by atoms with Crippen LogP contribution < -0.4 is 15.4 Å². The number of fused-ring (bicyclic) bond motifs is 1. The summed E-state index contributed by atoms with van der Waals surface area (Å²) in [7, 11) is 3.50. The first-order valence-corrected chi connectivity index (χ1v) is 8.99. The summed E-state index contributed by atoms with van der Waals surface area (Å²) >= 11 is 5.37. The molecule has 0 spiro atoms. The Kier molecular flexibility index (Phi) is 5.13. The van der Waals surface area contributed by atoms with E-state index in [0.717, 1.165) is 27.8 Å². The van der Waals surface area contributed by atoms with E-state index in [1.54, 1.807) is 19.0 Å². The summed E-state index contributed by atoms with van der Waals surface area (Å²) in [5.74, 6) is 0.690. The molecule has 26 heavy (non-hydrogen) atoms. The SMILES string of the molecule is CCOc1ccc2ccccc2c1[C@H]1NC(=S)NC(C)=C1C(=O)N(C)C. The Morgan fingerprint density at radius 1 is 1.23 bits per heavy atom. The van der Waals surface area contributed by atoms with Gasteiger partial charge in [0.25, 0.3) is 5.91 Å². The number of benzene rings is 2. The summed E-state index contributed by atoms with van der Waals surface area (Å²) in [5.41, 5.74) is 2.33. The third-order valence-electron chi connectivity index (χ3n) is 4.42. The maximum absolute atomic E-state index is 12.9. The summed E-state index contributed by atoms with van der Waals surface area (Å²) in [6, 6.07) is 11.7. The normalized spacial score (nSPS) is 16.9. The molecule has 1 heterocycles. The number of carbonyl (C=O) groups is 1. The van der Waals surface area contributed by atoms with E-state index in [2.05, 4.69) is 16.7 Å². The van der Waals surface area contributed by atoms with E-state index in [1.807, 2.05) is 44.2 Å². The molecule has 0 saturated heterocycles. The van der Waals surface area contributed by atoms with Crippen LogP contribution in [-0.2, 0) is 4.79 Å². The van der Waals surface area contributed by atoms with Crippen LogP contribution >= 0.6 is 12.2 Å². The first-order valence-electron chi connectivity index (χ1n) is 8.58. The molecule has 1 amide bonds. The number of thiocarbonyl (C=S) groups is 1. The van der Waals surface area contributed by atoms with Crippen molar-refractivity contribution in [1.29, 1.82) is 0 Å². The molecular formula is C20H23N3O2S. The number of nitrogens with zero attached hydrogens (tertiary/aromatic N) is 1. The van der Waals surface area contributed by atoms with Crippen molar-refractivity contribution in [1.82, 2.24) is 15.5 Å². The fraction of sp³-hybridized carbons (Fsp3) is 0.300. The lowest BCUT2D eigenvalue weighted by Gasteiger charge is -2.33. The van der Waals surface area contributed by atoms with Gasteiger partial charge < -0.3 is 20.3 Å². The van der Waals surface area contributed by atoms with Crippen molar-refractivity contribution >= 4 is 34.0 Å². The van der Waals surface area contributed by atoms with Crippen molar-refractivity contribution in [3.63, 3.8) is 0 Å². The molecule has 1 aliphatic rings.